The zero-order valence-corrected chi connectivity index (χ0v) is 12.3. The van der Waals surface area contributed by atoms with Crippen LogP contribution in [-0.4, -0.2) is 11.9 Å². The lowest BCUT2D eigenvalue weighted by Gasteiger charge is -2.14. The molecule has 21 heavy (non-hydrogen) atoms. The average Bonchev–Trinajstić information content (AvgIpc) is 2.49. The molecule has 2 rings (SSSR count). The van der Waals surface area contributed by atoms with E-state index in [9.17, 15) is 4.79 Å². The van der Waals surface area contributed by atoms with Crippen molar-refractivity contribution in [3.8, 4) is 11.8 Å². The standard InChI is InChI=1S/C17H14ClNO2/c1-12(17(20)14-4-6-15(18)7-5-14)21-16-8-2-13(3-9-16)10-11-19/h2-9,12H,10H2,1H3. The summed E-state index contributed by atoms with van der Waals surface area (Å²) in [7, 11) is 0. The van der Waals surface area contributed by atoms with Gasteiger partial charge in [0.15, 0.2) is 6.10 Å². The van der Waals surface area contributed by atoms with E-state index < -0.39 is 6.10 Å². The summed E-state index contributed by atoms with van der Waals surface area (Å²) in [4.78, 5) is 12.2. The summed E-state index contributed by atoms with van der Waals surface area (Å²) >= 11 is 5.80. The first kappa shape index (κ1) is 15.1. The number of rotatable bonds is 5. The van der Waals surface area contributed by atoms with Gasteiger partial charge in [0.2, 0.25) is 5.78 Å². The van der Waals surface area contributed by atoms with Gasteiger partial charge >= 0.3 is 0 Å². The van der Waals surface area contributed by atoms with E-state index >= 15 is 0 Å². The first-order chi connectivity index (χ1) is 10.1. The fourth-order valence-electron chi connectivity index (χ4n) is 1.88. The maximum absolute atomic E-state index is 12.2. The topological polar surface area (TPSA) is 50.1 Å². The van der Waals surface area contributed by atoms with Crippen molar-refractivity contribution in [3.05, 3.63) is 64.7 Å². The van der Waals surface area contributed by atoms with E-state index in [1.54, 1.807) is 43.3 Å². The maximum Gasteiger partial charge on any atom is 0.202 e. The Morgan fingerprint density at radius 3 is 2.38 bits per heavy atom. The van der Waals surface area contributed by atoms with Crippen LogP contribution in [0.3, 0.4) is 0 Å². The molecule has 2 aromatic rings. The third-order valence-corrected chi connectivity index (χ3v) is 3.27. The van der Waals surface area contributed by atoms with Crippen molar-refractivity contribution < 1.29 is 9.53 Å². The third-order valence-electron chi connectivity index (χ3n) is 3.02. The van der Waals surface area contributed by atoms with Crippen LogP contribution in [0.25, 0.3) is 0 Å². The molecule has 1 unspecified atom stereocenters. The van der Waals surface area contributed by atoms with Crippen molar-refractivity contribution in [1.82, 2.24) is 0 Å². The Bertz CT molecular complexity index is 657. The minimum atomic E-state index is -0.590. The number of benzene rings is 2. The molecule has 0 amide bonds. The van der Waals surface area contributed by atoms with Gasteiger partial charge in [0.25, 0.3) is 0 Å². The van der Waals surface area contributed by atoms with Crippen LogP contribution < -0.4 is 4.74 Å². The van der Waals surface area contributed by atoms with E-state index in [1.165, 1.54) is 0 Å². The average molecular weight is 300 g/mol. The molecule has 3 nitrogen and oxygen atoms in total. The molecule has 0 spiro atoms. The second-order valence-corrected chi connectivity index (χ2v) is 5.05. The number of ketones is 1. The first-order valence-electron chi connectivity index (χ1n) is 6.52. The van der Waals surface area contributed by atoms with Gasteiger partial charge in [0.05, 0.1) is 12.5 Å². The molecule has 0 aliphatic rings. The van der Waals surface area contributed by atoms with Crippen molar-refractivity contribution in [2.24, 2.45) is 0 Å². The molecule has 2 aromatic carbocycles. The van der Waals surface area contributed by atoms with Crippen LogP contribution in [0.2, 0.25) is 5.02 Å². The summed E-state index contributed by atoms with van der Waals surface area (Å²) in [6, 6.07) is 16.0. The molecule has 0 saturated heterocycles. The lowest BCUT2D eigenvalue weighted by Crippen LogP contribution is -2.23. The Kier molecular flexibility index (Phi) is 4.97. The van der Waals surface area contributed by atoms with Crippen molar-refractivity contribution >= 4 is 17.4 Å². The molecule has 0 heterocycles. The number of hydrogen-bond acceptors (Lipinski definition) is 3. The Morgan fingerprint density at radius 2 is 1.81 bits per heavy atom. The summed E-state index contributed by atoms with van der Waals surface area (Å²) in [5.74, 6) is 0.499. The zero-order chi connectivity index (χ0) is 15.2. The van der Waals surface area contributed by atoms with Crippen molar-refractivity contribution in [3.63, 3.8) is 0 Å². The molecule has 1 atom stereocenters. The molecule has 0 N–H and O–H groups in total. The van der Waals surface area contributed by atoms with Gasteiger partial charge in [0.1, 0.15) is 5.75 Å². The second-order valence-electron chi connectivity index (χ2n) is 4.61. The third kappa shape index (κ3) is 4.08. The van der Waals surface area contributed by atoms with Gasteiger partial charge in [-0.25, -0.2) is 0 Å². The van der Waals surface area contributed by atoms with Crippen LogP contribution in [0.1, 0.15) is 22.8 Å². The summed E-state index contributed by atoms with van der Waals surface area (Å²) < 4.78 is 5.63. The number of carbonyl (C=O) groups is 1. The molecule has 0 aliphatic heterocycles. The van der Waals surface area contributed by atoms with E-state index in [2.05, 4.69) is 6.07 Å². The summed E-state index contributed by atoms with van der Waals surface area (Å²) in [6.07, 6.45) is -0.229. The molecular weight excluding hydrogens is 286 g/mol. The number of carbonyl (C=O) groups excluding carboxylic acids is 1. The lowest BCUT2D eigenvalue weighted by molar-refractivity contribution is 0.0818. The monoisotopic (exact) mass is 299 g/mol. The van der Waals surface area contributed by atoms with Crippen LogP contribution in [0.5, 0.6) is 5.75 Å². The Balaban J connectivity index is 2.03. The molecule has 0 bridgehead atoms. The predicted octanol–water partition coefficient (Wildman–Crippen LogP) is 4.06. The summed E-state index contributed by atoms with van der Waals surface area (Å²) in [5.41, 5.74) is 1.48. The van der Waals surface area contributed by atoms with Crippen molar-refractivity contribution in [2.45, 2.75) is 19.4 Å². The molecule has 0 radical (unpaired) electrons. The number of ether oxygens (including phenoxy) is 1. The van der Waals surface area contributed by atoms with Gasteiger partial charge in [-0.3, -0.25) is 4.79 Å². The predicted molar refractivity (Wildman–Crippen MR) is 81.6 cm³/mol. The Morgan fingerprint density at radius 1 is 1.19 bits per heavy atom. The van der Waals surface area contributed by atoms with Crippen LogP contribution in [-0.2, 0) is 6.42 Å². The van der Waals surface area contributed by atoms with E-state index in [4.69, 9.17) is 21.6 Å². The molecule has 0 aromatic heterocycles. The Labute approximate surface area is 128 Å². The normalized spacial score (nSPS) is 11.5. The highest BCUT2D eigenvalue weighted by molar-refractivity contribution is 6.30. The fraction of sp³-hybridized carbons (Fsp3) is 0.176. The molecule has 0 fully saturated rings. The van der Waals surface area contributed by atoms with E-state index in [1.807, 2.05) is 12.1 Å². The number of nitrogens with zero attached hydrogens (tertiary/aromatic N) is 1. The van der Waals surface area contributed by atoms with Crippen LogP contribution in [0.4, 0.5) is 0 Å². The smallest absolute Gasteiger partial charge is 0.202 e. The number of nitriles is 1. The molecule has 0 aliphatic carbocycles. The van der Waals surface area contributed by atoms with Crippen LogP contribution >= 0.6 is 11.6 Å². The van der Waals surface area contributed by atoms with Gasteiger partial charge in [-0.1, -0.05) is 23.7 Å². The molecule has 0 saturated carbocycles. The summed E-state index contributed by atoms with van der Waals surface area (Å²) in [5, 5.41) is 9.21. The van der Waals surface area contributed by atoms with E-state index in [0.717, 1.165) is 5.56 Å². The number of hydrogen-bond donors (Lipinski definition) is 0. The number of halogens is 1. The highest BCUT2D eigenvalue weighted by atomic mass is 35.5. The molecule has 106 valence electrons. The fourth-order valence-corrected chi connectivity index (χ4v) is 2.01. The van der Waals surface area contributed by atoms with Crippen molar-refractivity contribution in [2.75, 3.05) is 0 Å². The zero-order valence-electron chi connectivity index (χ0n) is 11.5. The van der Waals surface area contributed by atoms with Crippen molar-refractivity contribution in [1.29, 1.82) is 5.26 Å². The second kappa shape index (κ2) is 6.92. The minimum absolute atomic E-state index is 0.104. The highest BCUT2D eigenvalue weighted by Crippen LogP contribution is 2.17. The van der Waals surface area contributed by atoms with Gasteiger partial charge in [-0.2, -0.15) is 5.26 Å². The largest absolute Gasteiger partial charge is 0.483 e. The van der Waals surface area contributed by atoms with Crippen LogP contribution in [0, 0.1) is 11.3 Å². The first-order valence-corrected chi connectivity index (χ1v) is 6.90. The highest BCUT2D eigenvalue weighted by Gasteiger charge is 2.16. The van der Waals surface area contributed by atoms with E-state index in [-0.39, 0.29) is 5.78 Å². The van der Waals surface area contributed by atoms with Crippen LogP contribution in [0.15, 0.2) is 48.5 Å². The molecule has 4 heteroatoms. The van der Waals surface area contributed by atoms with Gasteiger partial charge in [-0.15, -0.1) is 0 Å². The van der Waals surface area contributed by atoms with Gasteiger partial charge in [0, 0.05) is 10.6 Å². The summed E-state index contributed by atoms with van der Waals surface area (Å²) in [6.45, 7) is 1.71. The van der Waals surface area contributed by atoms with E-state index in [0.29, 0.717) is 22.8 Å². The number of Topliss-reactive ketones (excluding diaryl/α,β-unsaturated/α-hetero) is 1. The SMILES string of the molecule is CC(Oc1ccc(CC#N)cc1)C(=O)c1ccc(Cl)cc1. The van der Waals surface area contributed by atoms with Gasteiger partial charge < -0.3 is 4.74 Å². The Hall–Kier alpha value is -2.31. The quantitative estimate of drug-likeness (QED) is 0.782. The lowest BCUT2D eigenvalue weighted by atomic mass is 10.1. The van der Waals surface area contributed by atoms with Gasteiger partial charge in [-0.05, 0) is 48.9 Å². The maximum atomic E-state index is 12.2. The molecular formula is C17H14ClNO2. The minimum Gasteiger partial charge on any atom is -0.483 e.